The quantitative estimate of drug-likeness (QED) is 0.477. The van der Waals surface area contributed by atoms with E-state index in [1.54, 1.807) is 11.4 Å². The van der Waals surface area contributed by atoms with Gasteiger partial charge in [0.25, 0.3) is 5.56 Å². The maximum atomic E-state index is 13.3. The average molecular weight is 511 g/mol. The van der Waals surface area contributed by atoms with E-state index < -0.39 is 5.69 Å². The van der Waals surface area contributed by atoms with Gasteiger partial charge >= 0.3 is 5.69 Å². The lowest BCUT2D eigenvalue weighted by atomic mass is 10.00. The molecule has 0 aliphatic carbocycles. The fraction of sp³-hybridized carbons (Fsp3) is 0.481. The van der Waals surface area contributed by atoms with Gasteiger partial charge in [-0.1, -0.05) is 36.8 Å². The number of hydrogen-bond acceptors (Lipinski definition) is 5. The average Bonchev–Trinajstić information content (AvgIpc) is 3.38. The van der Waals surface area contributed by atoms with Crippen LogP contribution in [0.25, 0.3) is 10.2 Å². The Morgan fingerprint density at radius 2 is 1.86 bits per heavy atom. The second-order valence-corrected chi connectivity index (χ2v) is 10.4. The zero-order chi connectivity index (χ0) is 25.7. The number of rotatable bonds is 9. The maximum Gasteiger partial charge on any atom is 0.332 e. The molecule has 2 aromatic heterocycles. The molecule has 1 N–H and O–H groups in total. The number of nitrogens with zero attached hydrogens (tertiary/aromatic N) is 3. The van der Waals surface area contributed by atoms with Crippen LogP contribution in [0.3, 0.4) is 0 Å². The molecule has 1 fully saturated rings. The minimum absolute atomic E-state index is 0.0834. The van der Waals surface area contributed by atoms with Crippen LogP contribution >= 0.6 is 11.3 Å². The van der Waals surface area contributed by atoms with E-state index in [-0.39, 0.29) is 42.9 Å². The molecule has 2 amide bonds. The van der Waals surface area contributed by atoms with Crippen LogP contribution in [0.2, 0.25) is 0 Å². The van der Waals surface area contributed by atoms with E-state index in [2.05, 4.69) is 12.2 Å². The Morgan fingerprint density at radius 1 is 1.08 bits per heavy atom. The zero-order valence-corrected chi connectivity index (χ0v) is 21.8. The van der Waals surface area contributed by atoms with Gasteiger partial charge in [0, 0.05) is 32.1 Å². The highest BCUT2D eigenvalue weighted by Crippen LogP contribution is 2.21. The molecular formula is C27H34N4O4S. The summed E-state index contributed by atoms with van der Waals surface area (Å²) in [4.78, 5) is 53.8. The molecule has 1 atom stereocenters. The van der Waals surface area contributed by atoms with Crippen LogP contribution in [-0.4, -0.2) is 38.4 Å². The number of likely N-dealkylation sites (tertiary alicyclic amines) is 1. The lowest BCUT2D eigenvalue weighted by Crippen LogP contribution is -2.47. The summed E-state index contributed by atoms with van der Waals surface area (Å²) in [5.74, 6) is -0.219. The summed E-state index contributed by atoms with van der Waals surface area (Å²) in [7, 11) is 0. The first-order valence-corrected chi connectivity index (χ1v) is 13.6. The third kappa shape index (κ3) is 5.78. The van der Waals surface area contributed by atoms with Gasteiger partial charge in [-0.3, -0.25) is 23.5 Å². The summed E-state index contributed by atoms with van der Waals surface area (Å²) in [5.41, 5.74) is 1.81. The minimum Gasteiger partial charge on any atom is -0.352 e. The van der Waals surface area contributed by atoms with Crippen molar-refractivity contribution in [1.82, 2.24) is 19.4 Å². The summed E-state index contributed by atoms with van der Waals surface area (Å²) in [6.07, 6.45) is 4.50. The molecule has 0 bridgehead atoms. The van der Waals surface area contributed by atoms with E-state index >= 15 is 0 Å². The smallest absolute Gasteiger partial charge is 0.332 e. The monoisotopic (exact) mass is 510 g/mol. The largest absolute Gasteiger partial charge is 0.352 e. The number of nitrogens with one attached hydrogen (secondary N) is 1. The summed E-state index contributed by atoms with van der Waals surface area (Å²) < 4.78 is 3.05. The highest BCUT2D eigenvalue weighted by molar-refractivity contribution is 7.17. The van der Waals surface area contributed by atoms with Crippen molar-refractivity contribution in [3.8, 4) is 0 Å². The van der Waals surface area contributed by atoms with Gasteiger partial charge < -0.3 is 10.2 Å². The molecule has 1 aliphatic heterocycles. The summed E-state index contributed by atoms with van der Waals surface area (Å²) in [6.45, 7) is 5.27. The van der Waals surface area contributed by atoms with Crippen molar-refractivity contribution in [3.05, 3.63) is 67.7 Å². The SMILES string of the molecule is CCC1CCCCN1C(=O)Cn1c(=O)n(CCCC(=O)NCc2ccc(C)cc2)c(=O)c2sccc21. The molecule has 1 unspecified atom stereocenters. The Bertz CT molecular complexity index is 1340. The van der Waals surface area contributed by atoms with E-state index in [1.807, 2.05) is 36.1 Å². The van der Waals surface area contributed by atoms with Crippen molar-refractivity contribution < 1.29 is 9.59 Å². The number of carbonyl (C=O) groups excluding carboxylic acids is 2. The molecule has 36 heavy (non-hydrogen) atoms. The second kappa shape index (κ2) is 11.7. The van der Waals surface area contributed by atoms with Crippen LogP contribution < -0.4 is 16.6 Å². The van der Waals surface area contributed by atoms with Crippen molar-refractivity contribution in [1.29, 1.82) is 0 Å². The highest BCUT2D eigenvalue weighted by atomic mass is 32.1. The molecule has 1 saturated heterocycles. The highest BCUT2D eigenvalue weighted by Gasteiger charge is 2.26. The minimum atomic E-state index is -0.496. The topological polar surface area (TPSA) is 93.4 Å². The third-order valence-electron chi connectivity index (χ3n) is 6.94. The van der Waals surface area contributed by atoms with Crippen LogP contribution in [0.1, 0.15) is 56.6 Å². The Hall–Kier alpha value is -3.20. The van der Waals surface area contributed by atoms with Gasteiger partial charge in [-0.05, 0) is 56.0 Å². The number of amides is 2. The second-order valence-electron chi connectivity index (χ2n) is 9.47. The van der Waals surface area contributed by atoms with Gasteiger partial charge in [0.05, 0.1) is 5.52 Å². The molecule has 0 spiro atoms. The van der Waals surface area contributed by atoms with E-state index in [9.17, 15) is 19.2 Å². The molecule has 0 saturated carbocycles. The fourth-order valence-electron chi connectivity index (χ4n) is 4.86. The van der Waals surface area contributed by atoms with Crippen molar-refractivity contribution in [3.63, 3.8) is 0 Å². The van der Waals surface area contributed by atoms with Gasteiger partial charge in [-0.15, -0.1) is 11.3 Å². The van der Waals surface area contributed by atoms with Crippen molar-refractivity contribution in [2.75, 3.05) is 6.54 Å². The number of aryl methyl sites for hydroxylation is 1. The molecule has 1 aromatic carbocycles. The molecular weight excluding hydrogens is 476 g/mol. The number of piperidine rings is 1. The van der Waals surface area contributed by atoms with Crippen LogP contribution in [-0.2, 0) is 29.2 Å². The summed E-state index contributed by atoms with van der Waals surface area (Å²) >= 11 is 1.27. The van der Waals surface area contributed by atoms with Crippen LogP contribution in [0, 0.1) is 6.92 Å². The normalized spacial score (nSPS) is 15.8. The molecule has 3 aromatic rings. The number of aromatic nitrogens is 2. The molecule has 1 aliphatic rings. The first-order valence-electron chi connectivity index (χ1n) is 12.7. The van der Waals surface area contributed by atoms with Crippen molar-refractivity contribution in [2.24, 2.45) is 0 Å². The maximum absolute atomic E-state index is 13.3. The molecule has 9 heteroatoms. The predicted octanol–water partition coefficient (Wildman–Crippen LogP) is 3.42. The molecule has 192 valence electrons. The fourth-order valence-corrected chi connectivity index (χ4v) is 5.70. The molecule has 0 radical (unpaired) electrons. The van der Waals surface area contributed by atoms with Gasteiger partial charge in [0.15, 0.2) is 0 Å². The van der Waals surface area contributed by atoms with Crippen LogP contribution in [0.5, 0.6) is 0 Å². The lowest BCUT2D eigenvalue weighted by Gasteiger charge is -2.35. The van der Waals surface area contributed by atoms with Gasteiger partial charge in [-0.25, -0.2) is 4.79 Å². The zero-order valence-electron chi connectivity index (χ0n) is 21.0. The first-order chi connectivity index (χ1) is 17.4. The predicted molar refractivity (Wildman–Crippen MR) is 142 cm³/mol. The third-order valence-corrected chi connectivity index (χ3v) is 7.84. The van der Waals surface area contributed by atoms with E-state index in [1.165, 1.54) is 20.5 Å². The lowest BCUT2D eigenvalue weighted by molar-refractivity contribution is -0.135. The van der Waals surface area contributed by atoms with E-state index in [0.29, 0.717) is 29.7 Å². The Balaban J connectivity index is 1.45. The van der Waals surface area contributed by atoms with Gasteiger partial charge in [0.1, 0.15) is 11.2 Å². The number of thiophene rings is 1. The van der Waals surface area contributed by atoms with Crippen LogP contribution in [0.4, 0.5) is 0 Å². The van der Waals surface area contributed by atoms with E-state index in [0.717, 1.165) is 36.8 Å². The van der Waals surface area contributed by atoms with Gasteiger partial charge in [-0.2, -0.15) is 0 Å². The Morgan fingerprint density at radius 3 is 2.61 bits per heavy atom. The van der Waals surface area contributed by atoms with Crippen LogP contribution in [0.15, 0.2) is 45.3 Å². The molecule has 4 rings (SSSR count). The van der Waals surface area contributed by atoms with Crippen molar-refractivity contribution >= 4 is 33.4 Å². The standard InChI is InChI=1S/C27H34N4O4S/c1-3-21-7-4-5-14-29(21)24(33)18-31-22-13-16-36-25(22)26(34)30(27(31)35)15-6-8-23(32)28-17-20-11-9-19(2)10-12-20/h9-13,16,21H,3-8,14-15,17-18H2,1-2H3,(H,28,32). The first kappa shape index (κ1) is 25.9. The number of benzene rings is 1. The number of fused-ring (bicyclic) bond motifs is 1. The number of hydrogen-bond donors (Lipinski definition) is 1. The summed E-state index contributed by atoms with van der Waals surface area (Å²) in [5, 5.41) is 4.65. The summed E-state index contributed by atoms with van der Waals surface area (Å²) in [6, 6.07) is 9.87. The number of carbonyl (C=O) groups is 2. The van der Waals surface area contributed by atoms with Crippen molar-refractivity contribution in [2.45, 2.75) is 78.0 Å². The Labute approximate surface area is 214 Å². The molecule has 8 nitrogen and oxygen atoms in total. The molecule has 3 heterocycles. The van der Waals surface area contributed by atoms with Gasteiger partial charge in [0.2, 0.25) is 11.8 Å². The Kier molecular flexibility index (Phi) is 8.40. The van der Waals surface area contributed by atoms with E-state index in [4.69, 9.17) is 0 Å².